The van der Waals surface area contributed by atoms with E-state index in [1.807, 2.05) is 24.4 Å². The molecule has 12 heteroatoms. The predicted octanol–water partition coefficient (Wildman–Crippen LogP) is 5.16. The van der Waals surface area contributed by atoms with Crippen LogP contribution in [-0.4, -0.2) is 51.2 Å². The molecule has 0 amide bonds. The van der Waals surface area contributed by atoms with Gasteiger partial charge in [-0.2, -0.15) is 0 Å². The van der Waals surface area contributed by atoms with Gasteiger partial charge < -0.3 is 35.0 Å². The van der Waals surface area contributed by atoms with Crippen molar-refractivity contribution < 1.29 is 14.4 Å². The van der Waals surface area contributed by atoms with Crippen LogP contribution in [0.4, 0.5) is 22.7 Å². The summed E-state index contributed by atoms with van der Waals surface area (Å²) in [5, 5.41) is 10.9. The number of H-pyrrole nitrogens is 2. The predicted molar refractivity (Wildman–Crippen MR) is 157 cm³/mol. The van der Waals surface area contributed by atoms with Gasteiger partial charge >= 0.3 is 0 Å². The molecule has 40 heavy (non-hydrogen) atoms. The summed E-state index contributed by atoms with van der Waals surface area (Å²) in [6.07, 6.45) is 8.79. The molecule has 0 saturated heterocycles. The van der Waals surface area contributed by atoms with Gasteiger partial charge in [0.2, 0.25) is 0 Å². The summed E-state index contributed by atoms with van der Waals surface area (Å²) in [5.74, 6) is 1.59. The number of imidazole rings is 2. The van der Waals surface area contributed by atoms with Crippen LogP contribution in [0.25, 0.3) is 0 Å². The number of benzene rings is 2. The van der Waals surface area contributed by atoms with Crippen LogP contribution in [0.15, 0.2) is 61.4 Å². The molecule has 0 radical (unpaired) electrons. The second kappa shape index (κ2) is 13.9. The van der Waals surface area contributed by atoms with E-state index < -0.39 is 0 Å². The van der Waals surface area contributed by atoms with E-state index in [-0.39, 0.29) is 25.5 Å². The first-order valence-electron chi connectivity index (χ1n) is 12.4. The number of nitro groups is 1. The number of ether oxygens (including phenoxy) is 2. The minimum absolute atomic E-state index is 0. The van der Waals surface area contributed by atoms with Crippen molar-refractivity contribution in [2.75, 3.05) is 41.8 Å². The fourth-order valence-corrected chi connectivity index (χ4v) is 4.49. The van der Waals surface area contributed by atoms with Crippen molar-refractivity contribution in [2.45, 2.75) is 40.8 Å². The second-order valence-electron chi connectivity index (χ2n) is 9.04. The third-order valence-corrected chi connectivity index (χ3v) is 6.31. The van der Waals surface area contributed by atoms with Gasteiger partial charge in [-0.3, -0.25) is 10.1 Å². The number of hydrogen-bond acceptors (Lipinski definition) is 9. The first-order chi connectivity index (χ1) is 18.6. The first-order valence-corrected chi connectivity index (χ1v) is 12.4. The molecule has 2 aliphatic rings. The highest BCUT2D eigenvalue weighted by molar-refractivity contribution is 5.65. The number of nitrogens with two attached hydrogens (primary N) is 1. The zero-order valence-corrected chi connectivity index (χ0v) is 20.9. The number of fused-ring (bicyclic) bond motifs is 2. The lowest BCUT2D eigenvalue weighted by Gasteiger charge is -2.23. The number of aromatic nitrogens is 4. The van der Waals surface area contributed by atoms with E-state index in [9.17, 15) is 10.1 Å². The molecule has 4 N–H and O–H groups in total. The normalized spacial score (nSPS) is 13.8. The maximum Gasteiger partial charge on any atom is 0.271 e. The van der Waals surface area contributed by atoms with Crippen molar-refractivity contribution in [1.29, 1.82) is 0 Å². The molecule has 0 bridgehead atoms. The maximum atomic E-state index is 10.9. The SMILES string of the molecule is C.C.Nc1ccc2c(c1)N(Cc1cnc[nH]1)CCCO2.O=[N+]([O-])c1ccc2c(c1)N(Cc1cnc[nH]1)CCCO2. The van der Waals surface area contributed by atoms with Crippen molar-refractivity contribution in [2.24, 2.45) is 0 Å². The van der Waals surface area contributed by atoms with E-state index in [2.05, 4.69) is 29.7 Å². The Labute approximate surface area is 234 Å². The molecule has 214 valence electrons. The summed E-state index contributed by atoms with van der Waals surface area (Å²) in [4.78, 5) is 29.1. The lowest BCUT2D eigenvalue weighted by Crippen LogP contribution is -2.23. The average molecular weight is 551 g/mol. The Morgan fingerprint density at radius 2 is 1.38 bits per heavy atom. The van der Waals surface area contributed by atoms with Gasteiger partial charge in [0.25, 0.3) is 5.69 Å². The standard InChI is InChI=1S/C13H14N4O3.C13H16N4O.2CH4/c18-17(19)11-2-3-13-12(6-11)16(4-1-5-20-13)8-10-7-14-9-15-10;14-10-2-3-13-12(6-10)17(4-1-5-18-13)8-11-7-15-9-16-11;;/h2-3,6-7,9H,1,4-5,8H2,(H,14,15);2-3,6-7,9H,1,4-5,8,14H2,(H,15,16);2*1H4. The van der Waals surface area contributed by atoms with Crippen LogP contribution in [0.5, 0.6) is 11.5 Å². The topological polar surface area (TPSA) is 151 Å². The van der Waals surface area contributed by atoms with Gasteiger partial charge in [0, 0.05) is 43.3 Å². The summed E-state index contributed by atoms with van der Waals surface area (Å²) in [5.41, 5.74) is 10.6. The largest absolute Gasteiger partial charge is 0.491 e. The number of nitrogens with one attached hydrogen (secondary N) is 2. The van der Waals surface area contributed by atoms with E-state index in [1.165, 1.54) is 6.07 Å². The first kappa shape index (κ1) is 29.8. The number of rotatable bonds is 5. The van der Waals surface area contributed by atoms with Gasteiger partial charge in [-0.15, -0.1) is 0 Å². The number of nitrogen functional groups attached to an aromatic ring is 1. The summed E-state index contributed by atoms with van der Waals surface area (Å²) in [6, 6.07) is 10.5. The molecule has 0 unspecified atom stereocenters. The molecule has 2 aliphatic heterocycles. The Kier molecular flexibility index (Phi) is 10.3. The fraction of sp³-hybridized carbons (Fsp3) is 0.357. The number of nitrogens with zero attached hydrogens (tertiary/aromatic N) is 5. The molecule has 4 aromatic rings. The molecule has 6 rings (SSSR count). The van der Waals surface area contributed by atoms with Crippen LogP contribution in [0, 0.1) is 10.1 Å². The number of hydrogen-bond donors (Lipinski definition) is 3. The highest BCUT2D eigenvalue weighted by Gasteiger charge is 2.21. The van der Waals surface area contributed by atoms with Gasteiger partial charge in [-0.1, -0.05) is 14.9 Å². The van der Waals surface area contributed by atoms with Gasteiger partial charge in [0.15, 0.2) is 0 Å². The number of non-ortho nitro benzene ring substituents is 1. The molecule has 0 aliphatic carbocycles. The Balaban J connectivity index is 0.000000211. The Morgan fingerprint density at radius 1 is 0.850 bits per heavy atom. The van der Waals surface area contributed by atoms with Crippen LogP contribution in [0.1, 0.15) is 39.1 Å². The van der Waals surface area contributed by atoms with Crippen molar-refractivity contribution in [3.05, 3.63) is 82.9 Å². The van der Waals surface area contributed by atoms with Gasteiger partial charge in [0.1, 0.15) is 11.5 Å². The number of nitro benzene ring substituents is 1. The lowest BCUT2D eigenvalue weighted by atomic mass is 10.2. The molecule has 2 aromatic carbocycles. The zero-order valence-electron chi connectivity index (χ0n) is 20.9. The van der Waals surface area contributed by atoms with E-state index in [1.54, 1.807) is 31.0 Å². The summed E-state index contributed by atoms with van der Waals surface area (Å²) in [6.45, 7) is 4.51. The van der Waals surface area contributed by atoms with Gasteiger partial charge in [0.05, 0.1) is 66.6 Å². The average Bonchev–Trinajstić information content (AvgIpc) is 3.55. The van der Waals surface area contributed by atoms with Crippen LogP contribution in [0.3, 0.4) is 0 Å². The van der Waals surface area contributed by atoms with Crippen molar-refractivity contribution in [3.63, 3.8) is 0 Å². The highest BCUT2D eigenvalue weighted by atomic mass is 16.6. The zero-order chi connectivity index (χ0) is 26.3. The number of anilines is 3. The Morgan fingerprint density at radius 3 is 1.88 bits per heavy atom. The Hall–Kier alpha value is -4.74. The van der Waals surface area contributed by atoms with Crippen molar-refractivity contribution in [3.8, 4) is 11.5 Å². The molecule has 0 fully saturated rings. The van der Waals surface area contributed by atoms with Crippen LogP contribution < -0.4 is 25.0 Å². The van der Waals surface area contributed by atoms with E-state index in [4.69, 9.17) is 15.2 Å². The van der Waals surface area contributed by atoms with E-state index >= 15 is 0 Å². The van der Waals surface area contributed by atoms with Crippen LogP contribution in [0.2, 0.25) is 0 Å². The lowest BCUT2D eigenvalue weighted by molar-refractivity contribution is -0.384. The smallest absolute Gasteiger partial charge is 0.271 e. The number of aromatic amines is 2. The fourth-order valence-electron chi connectivity index (χ4n) is 4.49. The molecule has 0 saturated carbocycles. The van der Waals surface area contributed by atoms with Crippen molar-refractivity contribution in [1.82, 2.24) is 19.9 Å². The molecule has 2 aromatic heterocycles. The molecule has 0 spiro atoms. The summed E-state index contributed by atoms with van der Waals surface area (Å²) < 4.78 is 11.4. The molecule has 4 heterocycles. The quantitative estimate of drug-likeness (QED) is 0.174. The van der Waals surface area contributed by atoms with E-state index in [0.29, 0.717) is 18.9 Å². The van der Waals surface area contributed by atoms with Crippen molar-refractivity contribution >= 4 is 22.7 Å². The molecule has 0 atom stereocenters. The van der Waals surface area contributed by atoms with Crippen LogP contribution >= 0.6 is 0 Å². The minimum atomic E-state index is -0.389. The molecular weight excluding hydrogens is 512 g/mol. The third-order valence-electron chi connectivity index (χ3n) is 6.31. The third kappa shape index (κ3) is 7.22. The molecule has 12 nitrogen and oxygen atoms in total. The monoisotopic (exact) mass is 550 g/mol. The second-order valence-corrected chi connectivity index (χ2v) is 9.04. The van der Waals surface area contributed by atoms with Crippen LogP contribution in [-0.2, 0) is 13.1 Å². The van der Waals surface area contributed by atoms with Gasteiger partial charge in [-0.05, 0) is 37.1 Å². The summed E-state index contributed by atoms with van der Waals surface area (Å²) in [7, 11) is 0. The molecular formula is C28H38N8O4. The van der Waals surface area contributed by atoms with Gasteiger partial charge in [-0.25, -0.2) is 9.97 Å². The highest BCUT2D eigenvalue weighted by Crippen LogP contribution is 2.35. The summed E-state index contributed by atoms with van der Waals surface area (Å²) >= 11 is 0. The maximum absolute atomic E-state index is 10.9. The minimum Gasteiger partial charge on any atom is -0.491 e. The van der Waals surface area contributed by atoms with E-state index in [0.717, 1.165) is 73.3 Å². The Bertz CT molecular complexity index is 1340.